The summed E-state index contributed by atoms with van der Waals surface area (Å²) in [6.45, 7) is 5.94. The molecule has 0 saturated heterocycles. The van der Waals surface area contributed by atoms with Gasteiger partial charge in [-0.15, -0.1) is 0 Å². The predicted octanol–water partition coefficient (Wildman–Crippen LogP) is 5.83. The number of amides is 3. The van der Waals surface area contributed by atoms with Gasteiger partial charge in [0.1, 0.15) is 6.04 Å². The molecule has 36 heavy (non-hydrogen) atoms. The Morgan fingerprint density at radius 1 is 0.972 bits per heavy atom. The molecule has 0 radical (unpaired) electrons. The van der Waals surface area contributed by atoms with Crippen LogP contribution in [0, 0.1) is 0 Å². The number of halogens is 2. The number of rotatable bonds is 9. The Kier molecular flexibility index (Phi) is 7.86. The molecule has 1 aliphatic heterocycles. The summed E-state index contributed by atoms with van der Waals surface area (Å²) in [6, 6.07) is 15.9. The molecule has 3 aromatic rings. The molecule has 6 nitrogen and oxygen atoms in total. The van der Waals surface area contributed by atoms with E-state index in [0.29, 0.717) is 34.1 Å². The van der Waals surface area contributed by atoms with Gasteiger partial charge in [-0.05, 0) is 56.8 Å². The van der Waals surface area contributed by atoms with Crippen LogP contribution in [0.25, 0.3) is 10.8 Å². The van der Waals surface area contributed by atoms with Crippen molar-refractivity contribution in [3.05, 3.63) is 75.8 Å². The summed E-state index contributed by atoms with van der Waals surface area (Å²) < 4.78 is 0. The van der Waals surface area contributed by atoms with Crippen molar-refractivity contribution >= 4 is 57.4 Å². The predicted molar refractivity (Wildman–Crippen MR) is 145 cm³/mol. The molecule has 3 amide bonds. The number of carbonyl (C=O) groups is 3. The Hall–Kier alpha value is -3.09. The molecule has 4 rings (SSSR count). The summed E-state index contributed by atoms with van der Waals surface area (Å²) in [4.78, 5) is 42.5. The average Bonchev–Trinajstić information content (AvgIpc) is 3.11. The molecule has 0 spiro atoms. The minimum atomic E-state index is -0.723. The topological polar surface area (TPSA) is 69.7 Å². The SMILES string of the molecule is CC(C)NC(=O)[C@H](C)N(Cc1c(Cl)cccc1Cl)C(=O)CCCN1C(=O)c2cccc3cccc1c23. The summed E-state index contributed by atoms with van der Waals surface area (Å²) in [5.41, 5.74) is 2.14. The first-order valence-electron chi connectivity index (χ1n) is 12.1. The molecule has 1 atom stereocenters. The maximum Gasteiger partial charge on any atom is 0.258 e. The number of benzene rings is 3. The summed E-state index contributed by atoms with van der Waals surface area (Å²) in [7, 11) is 0. The normalized spacial score (nSPS) is 13.4. The molecule has 0 aromatic heterocycles. The second-order valence-corrected chi connectivity index (χ2v) is 10.1. The van der Waals surface area contributed by atoms with Crippen molar-refractivity contribution in [2.75, 3.05) is 11.4 Å². The maximum atomic E-state index is 13.4. The molecule has 0 saturated carbocycles. The Bertz CT molecular complexity index is 1300. The Morgan fingerprint density at radius 3 is 2.28 bits per heavy atom. The van der Waals surface area contributed by atoms with Gasteiger partial charge in [-0.2, -0.15) is 0 Å². The third-order valence-electron chi connectivity index (χ3n) is 6.41. The third-order valence-corrected chi connectivity index (χ3v) is 7.12. The highest BCUT2D eigenvalue weighted by molar-refractivity contribution is 6.36. The number of nitrogens with one attached hydrogen (secondary N) is 1. The van der Waals surface area contributed by atoms with E-state index in [-0.39, 0.29) is 36.7 Å². The van der Waals surface area contributed by atoms with E-state index in [4.69, 9.17) is 23.2 Å². The fourth-order valence-electron chi connectivity index (χ4n) is 4.57. The van der Waals surface area contributed by atoms with E-state index in [1.54, 1.807) is 30.0 Å². The molecule has 3 aromatic carbocycles. The van der Waals surface area contributed by atoms with Gasteiger partial charge in [0.2, 0.25) is 11.8 Å². The van der Waals surface area contributed by atoms with Crippen LogP contribution in [-0.2, 0) is 16.1 Å². The molecule has 0 fully saturated rings. The van der Waals surface area contributed by atoms with E-state index in [1.165, 1.54) is 4.90 Å². The minimum Gasteiger partial charge on any atom is -0.352 e. The molecule has 0 aliphatic carbocycles. The van der Waals surface area contributed by atoms with Crippen molar-refractivity contribution in [2.24, 2.45) is 0 Å². The quantitative estimate of drug-likeness (QED) is 0.382. The van der Waals surface area contributed by atoms with Gasteiger partial charge in [0.05, 0.1) is 5.69 Å². The highest BCUT2D eigenvalue weighted by Gasteiger charge is 2.31. The van der Waals surface area contributed by atoms with E-state index >= 15 is 0 Å². The van der Waals surface area contributed by atoms with Gasteiger partial charge in [-0.1, -0.05) is 53.5 Å². The lowest BCUT2D eigenvalue weighted by atomic mass is 10.1. The Labute approximate surface area is 221 Å². The van der Waals surface area contributed by atoms with Gasteiger partial charge in [-0.3, -0.25) is 14.4 Å². The van der Waals surface area contributed by atoms with Crippen LogP contribution in [0.15, 0.2) is 54.6 Å². The lowest BCUT2D eigenvalue weighted by molar-refractivity contribution is -0.140. The number of nitrogens with zero attached hydrogens (tertiary/aromatic N) is 2. The standard InChI is InChI=1S/C28H29Cl2N3O3/c1-17(2)31-27(35)18(3)33(16-21-22(29)11-6-12-23(21)30)25(34)14-7-15-32-24-13-5-9-19-8-4-10-20(26(19)24)28(32)36/h4-6,8-13,17-18H,7,14-16H2,1-3H3,(H,31,35)/t18-/m0/s1. The summed E-state index contributed by atoms with van der Waals surface area (Å²) in [5, 5.41) is 5.71. The summed E-state index contributed by atoms with van der Waals surface area (Å²) in [6.07, 6.45) is 0.609. The number of anilines is 1. The zero-order chi connectivity index (χ0) is 26.0. The van der Waals surface area contributed by atoms with Gasteiger partial charge < -0.3 is 15.1 Å². The first-order valence-corrected chi connectivity index (χ1v) is 12.8. The fraction of sp³-hybridized carbons (Fsp3) is 0.321. The van der Waals surface area contributed by atoms with Crippen LogP contribution in [0.3, 0.4) is 0 Å². The summed E-state index contributed by atoms with van der Waals surface area (Å²) >= 11 is 12.7. The minimum absolute atomic E-state index is 0.0568. The molecule has 1 N–H and O–H groups in total. The van der Waals surface area contributed by atoms with Crippen LogP contribution in [0.4, 0.5) is 5.69 Å². The van der Waals surface area contributed by atoms with Crippen molar-refractivity contribution in [1.82, 2.24) is 10.2 Å². The van der Waals surface area contributed by atoms with E-state index in [2.05, 4.69) is 5.32 Å². The second-order valence-electron chi connectivity index (χ2n) is 9.30. The van der Waals surface area contributed by atoms with Crippen LogP contribution in [0.2, 0.25) is 10.0 Å². The van der Waals surface area contributed by atoms with Crippen molar-refractivity contribution < 1.29 is 14.4 Å². The fourth-order valence-corrected chi connectivity index (χ4v) is 5.09. The van der Waals surface area contributed by atoms with Crippen molar-refractivity contribution in [1.29, 1.82) is 0 Å². The molecule has 1 aliphatic rings. The number of hydrogen-bond donors (Lipinski definition) is 1. The molecule has 8 heteroatoms. The van der Waals surface area contributed by atoms with E-state index < -0.39 is 6.04 Å². The zero-order valence-electron chi connectivity index (χ0n) is 20.6. The average molecular weight is 526 g/mol. The van der Waals surface area contributed by atoms with E-state index in [9.17, 15) is 14.4 Å². The Balaban J connectivity index is 1.49. The highest BCUT2D eigenvalue weighted by Crippen LogP contribution is 2.37. The third kappa shape index (κ3) is 5.20. The Morgan fingerprint density at radius 2 is 1.61 bits per heavy atom. The molecule has 0 bridgehead atoms. The molecule has 0 unspecified atom stereocenters. The number of hydrogen-bond acceptors (Lipinski definition) is 3. The van der Waals surface area contributed by atoms with E-state index in [1.807, 2.05) is 50.2 Å². The van der Waals surface area contributed by atoms with Gasteiger partial charge in [-0.25, -0.2) is 0 Å². The van der Waals surface area contributed by atoms with Crippen LogP contribution in [-0.4, -0.2) is 41.2 Å². The van der Waals surface area contributed by atoms with Crippen molar-refractivity contribution in [2.45, 2.75) is 52.2 Å². The second kappa shape index (κ2) is 10.9. The lowest BCUT2D eigenvalue weighted by Crippen LogP contribution is -2.49. The van der Waals surface area contributed by atoms with Crippen molar-refractivity contribution in [3.63, 3.8) is 0 Å². The first kappa shape index (κ1) is 26.0. The largest absolute Gasteiger partial charge is 0.352 e. The first-order chi connectivity index (χ1) is 17.2. The van der Waals surface area contributed by atoms with Crippen molar-refractivity contribution in [3.8, 4) is 0 Å². The van der Waals surface area contributed by atoms with Crippen LogP contribution in [0.5, 0.6) is 0 Å². The number of carbonyl (C=O) groups excluding carboxylic acids is 3. The molecular formula is C28H29Cl2N3O3. The van der Waals surface area contributed by atoms with Gasteiger partial charge in [0.15, 0.2) is 0 Å². The molecule has 1 heterocycles. The van der Waals surface area contributed by atoms with Crippen LogP contribution >= 0.6 is 23.2 Å². The summed E-state index contributed by atoms with van der Waals surface area (Å²) in [5.74, 6) is -0.517. The van der Waals surface area contributed by atoms with Crippen LogP contribution in [0.1, 0.15) is 49.5 Å². The highest BCUT2D eigenvalue weighted by atomic mass is 35.5. The molecule has 188 valence electrons. The van der Waals surface area contributed by atoms with Gasteiger partial charge >= 0.3 is 0 Å². The zero-order valence-corrected chi connectivity index (χ0v) is 22.1. The monoisotopic (exact) mass is 525 g/mol. The van der Waals surface area contributed by atoms with Gasteiger partial charge in [0, 0.05) is 52.1 Å². The maximum absolute atomic E-state index is 13.4. The lowest BCUT2D eigenvalue weighted by Gasteiger charge is -2.30. The molecular weight excluding hydrogens is 497 g/mol. The van der Waals surface area contributed by atoms with E-state index in [0.717, 1.165) is 16.5 Å². The van der Waals surface area contributed by atoms with Crippen LogP contribution < -0.4 is 10.2 Å². The smallest absolute Gasteiger partial charge is 0.258 e. The van der Waals surface area contributed by atoms with Gasteiger partial charge in [0.25, 0.3) is 5.91 Å².